The summed E-state index contributed by atoms with van der Waals surface area (Å²) >= 11 is 0. The van der Waals surface area contributed by atoms with E-state index in [1.165, 1.54) is 6.42 Å². The van der Waals surface area contributed by atoms with Crippen molar-refractivity contribution in [1.29, 1.82) is 0 Å². The van der Waals surface area contributed by atoms with Gasteiger partial charge in [0.15, 0.2) is 0 Å². The summed E-state index contributed by atoms with van der Waals surface area (Å²) in [5, 5.41) is 4.92. The highest BCUT2D eigenvalue weighted by Crippen LogP contribution is 2.26. The molecule has 12 heavy (non-hydrogen) atoms. The summed E-state index contributed by atoms with van der Waals surface area (Å²) in [7, 11) is 0. The molecule has 0 radical (unpaired) electrons. The minimum atomic E-state index is 0.404. The van der Waals surface area contributed by atoms with Crippen molar-refractivity contribution < 1.29 is 0 Å². The molecule has 1 aliphatic rings. The predicted octanol–water partition coefficient (Wildman–Crippen LogP) is 2.71. The van der Waals surface area contributed by atoms with Crippen molar-refractivity contribution in [1.82, 2.24) is 5.01 Å². The van der Waals surface area contributed by atoms with Crippen molar-refractivity contribution in [2.75, 3.05) is 0 Å². The average Bonchev–Trinajstić information content (AvgIpc) is 2.16. The monoisotopic (exact) mass is 170 g/mol. The SMILES string of the molecule is CC[C@@H]1CCC[C@H](CC)N1N=O. The minimum absolute atomic E-state index is 0.404. The normalized spacial score (nSPS) is 30.3. The van der Waals surface area contributed by atoms with E-state index in [1.807, 2.05) is 0 Å². The van der Waals surface area contributed by atoms with E-state index in [1.54, 1.807) is 5.01 Å². The highest BCUT2D eigenvalue weighted by Gasteiger charge is 2.27. The summed E-state index contributed by atoms with van der Waals surface area (Å²) in [6.07, 6.45) is 5.62. The molecule has 3 heteroatoms. The van der Waals surface area contributed by atoms with E-state index in [0.29, 0.717) is 12.1 Å². The van der Waals surface area contributed by atoms with Gasteiger partial charge in [0.05, 0.1) is 17.4 Å². The van der Waals surface area contributed by atoms with E-state index < -0.39 is 0 Å². The molecule has 1 rings (SSSR count). The van der Waals surface area contributed by atoms with Gasteiger partial charge < -0.3 is 0 Å². The van der Waals surface area contributed by atoms with Gasteiger partial charge in [-0.05, 0) is 32.1 Å². The van der Waals surface area contributed by atoms with Gasteiger partial charge in [0, 0.05) is 0 Å². The highest BCUT2D eigenvalue weighted by atomic mass is 16.3. The lowest BCUT2D eigenvalue weighted by atomic mass is 9.95. The van der Waals surface area contributed by atoms with Gasteiger partial charge in [-0.15, -0.1) is 4.91 Å². The Labute approximate surface area is 74.1 Å². The Morgan fingerprint density at radius 3 is 2.08 bits per heavy atom. The Morgan fingerprint density at radius 2 is 1.75 bits per heavy atom. The summed E-state index contributed by atoms with van der Waals surface area (Å²) < 4.78 is 0. The van der Waals surface area contributed by atoms with E-state index in [4.69, 9.17) is 0 Å². The third-order valence-corrected chi connectivity index (χ3v) is 2.86. The molecular weight excluding hydrogens is 152 g/mol. The van der Waals surface area contributed by atoms with Gasteiger partial charge in [-0.2, -0.15) is 0 Å². The zero-order chi connectivity index (χ0) is 8.97. The zero-order valence-corrected chi connectivity index (χ0v) is 7.99. The van der Waals surface area contributed by atoms with Gasteiger partial charge >= 0.3 is 0 Å². The second-order valence-electron chi connectivity index (χ2n) is 3.52. The van der Waals surface area contributed by atoms with Gasteiger partial charge in [-0.1, -0.05) is 13.8 Å². The van der Waals surface area contributed by atoms with Crippen molar-refractivity contribution in [3.8, 4) is 0 Å². The molecule has 3 nitrogen and oxygen atoms in total. The Morgan fingerprint density at radius 1 is 1.25 bits per heavy atom. The summed E-state index contributed by atoms with van der Waals surface area (Å²) in [6.45, 7) is 4.25. The molecule has 0 aromatic rings. The standard InChI is InChI=1S/C9H18N2O/c1-3-8-6-5-7-9(4-2)11(8)10-12/h8-9H,3-7H2,1-2H3/t8-,9+. The van der Waals surface area contributed by atoms with Gasteiger partial charge in [0.2, 0.25) is 0 Å². The smallest absolute Gasteiger partial charge is 0.0529 e. The van der Waals surface area contributed by atoms with Crippen LogP contribution < -0.4 is 0 Å². The molecule has 0 aliphatic carbocycles. The molecule has 0 spiro atoms. The molecule has 0 aromatic heterocycles. The molecular formula is C9H18N2O. The quantitative estimate of drug-likeness (QED) is 0.610. The Kier molecular flexibility index (Phi) is 3.50. The first-order chi connectivity index (χ1) is 5.83. The van der Waals surface area contributed by atoms with Crippen LogP contribution in [0.15, 0.2) is 5.29 Å². The van der Waals surface area contributed by atoms with E-state index in [9.17, 15) is 4.91 Å². The topological polar surface area (TPSA) is 32.7 Å². The van der Waals surface area contributed by atoms with Crippen molar-refractivity contribution in [2.24, 2.45) is 5.29 Å². The lowest BCUT2D eigenvalue weighted by molar-refractivity contribution is 0.0792. The fourth-order valence-corrected chi connectivity index (χ4v) is 2.07. The fourth-order valence-electron chi connectivity index (χ4n) is 2.07. The first-order valence-electron chi connectivity index (χ1n) is 4.95. The summed E-state index contributed by atoms with van der Waals surface area (Å²) in [5.74, 6) is 0. The van der Waals surface area contributed by atoms with Crippen LogP contribution in [0.25, 0.3) is 0 Å². The van der Waals surface area contributed by atoms with Crippen LogP contribution >= 0.6 is 0 Å². The lowest BCUT2D eigenvalue weighted by Gasteiger charge is -2.36. The van der Waals surface area contributed by atoms with Gasteiger partial charge in [0.25, 0.3) is 0 Å². The Hall–Kier alpha value is -0.600. The number of nitroso groups, excluding NO2 is 1. The van der Waals surface area contributed by atoms with Crippen LogP contribution in [0.4, 0.5) is 0 Å². The maximum atomic E-state index is 10.6. The number of hydrogen-bond donors (Lipinski definition) is 0. The number of piperidine rings is 1. The largest absolute Gasteiger partial charge is 0.255 e. The fraction of sp³-hybridized carbons (Fsp3) is 1.00. The molecule has 0 saturated carbocycles. The third-order valence-electron chi connectivity index (χ3n) is 2.86. The van der Waals surface area contributed by atoms with E-state index in [0.717, 1.165) is 25.7 Å². The molecule has 0 N–H and O–H groups in total. The molecule has 2 atom stereocenters. The van der Waals surface area contributed by atoms with Crippen LogP contribution in [0.5, 0.6) is 0 Å². The highest BCUT2D eigenvalue weighted by molar-refractivity contribution is 4.80. The van der Waals surface area contributed by atoms with Crippen LogP contribution in [0, 0.1) is 4.91 Å². The molecule has 1 saturated heterocycles. The summed E-state index contributed by atoms with van der Waals surface area (Å²) in [5.41, 5.74) is 0. The molecule has 70 valence electrons. The third kappa shape index (κ3) is 1.76. The second-order valence-corrected chi connectivity index (χ2v) is 3.52. The number of nitrogens with zero attached hydrogens (tertiary/aromatic N) is 2. The Balaban J connectivity index is 2.58. The van der Waals surface area contributed by atoms with Crippen LogP contribution in [-0.4, -0.2) is 17.1 Å². The number of rotatable bonds is 3. The van der Waals surface area contributed by atoms with Gasteiger partial charge in [-0.25, -0.2) is 0 Å². The molecule has 1 fully saturated rings. The average molecular weight is 170 g/mol. The first-order valence-corrected chi connectivity index (χ1v) is 4.95. The van der Waals surface area contributed by atoms with E-state index in [-0.39, 0.29) is 0 Å². The van der Waals surface area contributed by atoms with Gasteiger partial charge in [-0.3, -0.25) is 5.01 Å². The van der Waals surface area contributed by atoms with Crippen LogP contribution in [0.3, 0.4) is 0 Å². The van der Waals surface area contributed by atoms with E-state index in [2.05, 4.69) is 19.1 Å². The molecule has 1 heterocycles. The molecule has 0 aromatic carbocycles. The molecule has 0 unspecified atom stereocenters. The maximum Gasteiger partial charge on any atom is 0.0529 e. The first kappa shape index (κ1) is 9.49. The molecule has 0 bridgehead atoms. The molecule has 1 aliphatic heterocycles. The lowest BCUT2D eigenvalue weighted by Crippen LogP contribution is -2.42. The van der Waals surface area contributed by atoms with Crippen LogP contribution in [0.1, 0.15) is 46.0 Å². The summed E-state index contributed by atoms with van der Waals surface area (Å²) in [6, 6.07) is 0.808. The Bertz CT molecular complexity index is 137. The van der Waals surface area contributed by atoms with Crippen molar-refractivity contribution >= 4 is 0 Å². The minimum Gasteiger partial charge on any atom is -0.255 e. The zero-order valence-electron chi connectivity index (χ0n) is 7.99. The van der Waals surface area contributed by atoms with Gasteiger partial charge in [0.1, 0.15) is 0 Å². The molecule has 0 amide bonds. The van der Waals surface area contributed by atoms with Crippen LogP contribution in [0.2, 0.25) is 0 Å². The van der Waals surface area contributed by atoms with Crippen molar-refractivity contribution in [2.45, 2.75) is 58.0 Å². The maximum absolute atomic E-state index is 10.6. The predicted molar refractivity (Wildman–Crippen MR) is 49.6 cm³/mol. The summed E-state index contributed by atoms with van der Waals surface area (Å²) in [4.78, 5) is 10.6. The van der Waals surface area contributed by atoms with Crippen molar-refractivity contribution in [3.05, 3.63) is 4.91 Å². The van der Waals surface area contributed by atoms with Crippen LogP contribution in [-0.2, 0) is 0 Å². The van der Waals surface area contributed by atoms with Crippen molar-refractivity contribution in [3.63, 3.8) is 0 Å². The number of hydrogen-bond acceptors (Lipinski definition) is 2. The second kappa shape index (κ2) is 4.43. The van der Waals surface area contributed by atoms with E-state index >= 15 is 0 Å².